The van der Waals surface area contributed by atoms with Gasteiger partial charge in [0.15, 0.2) is 11.7 Å². The lowest BCUT2D eigenvalue weighted by Gasteiger charge is -2.13. The van der Waals surface area contributed by atoms with Crippen molar-refractivity contribution in [2.45, 2.75) is 33.6 Å². The molecule has 2 aromatic carbocycles. The Kier molecular flexibility index (Phi) is 8.79. The van der Waals surface area contributed by atoms with Crippen LogP contribution in [0, 0.1) is 6.92 Å². The van der Waals surface area contributed by atoms with Gasteiger partial charge in [0, 0.05) is 4.88 Å². The van der Waals surface area contributed by atoms with Gasteiger partial charge in [-0.3, -0.25) is 10.1 Å². The molecule has 0 unspecified atom stereocenters. The minimum Gasteiger partial charge on any atom is -0.484 e. The number of thiophene rings is 1. The summed E-state index contributed by atoms with van der Waals surface area (Å²) in [6.45, 7) is 8.10. The molecule has 1 aromatic heterocycles. The minimum absolute atomic E-state index is 0.0759. The van der Waals surface area contributed by atoms with Crippen molar-refractivity contribution in [1.29, 1.82) is 0 Å². The third kappa shape index (κ3) is 6.65. The Morgan fingerprint density at radius 3 is 2.47 bits per heavy atom. The summed E-state index contributed by atoms with van der Waals surface area (Å²) in [6, 6.07) is 17.2. The molecule has 34 heavy (non-hydrogen) atoms. The van der Waals surface area contributed by atoms with E-state index in [-0.39, 0.29) is 18.3 Å². The third-order valence-corrected chi connectivity index (χ3v) is 6.30. The van der Waals surface area contributed by atoms with E-state index >= 15 is 0 Å². The molecule has 178 valence electrons. The molecule has 6 nitrogen and oxygen atoms in total. The number of hydrogen-bond donors (Lipinski definition) is 2. The Balaban J connectivity index is 1.64. The molecule has 0 saturated carbocycles. The summed E-state index contributed by atoms with van der Waals surface area (Å²) in [5.41, 5.74) is 3.68. The lowest BCUT2D eigenvalue weighted by atomic mass is 9.98. The Bertz CT molecular complexity index is 1170. The summed E-state index contributed by atoms with van der Waals surface area (Å²) in [6.07, 6.45) is 0. The largest absolute Gasteiger partial charge is 0.484 e. The van der Waals surface area contributed by atoms with Crippen molar-refractivity contribution in [3.8, 4) is 16.2 Å². The van der Waals surface area contributed by atoms with E-state index in [0.717, 1.165) is 16.0 Å². The van der Waals surface area contributed by atoms with Gasteiger partial charge in [-0.2, -0.15) is 0 Å². The van der Waals surface area contributed by atoms with Gasteiger partial charge >= 0.3 is 5.97 Å². The maximum absolute atomic E-state index is 12.5. The van der Waals surface area contributed by atoms with Crippen LogP contribution in [0.5, 0.6) is 5.75 Å². The average Bonchev–Trinajstić information content (AvgIpc) is 3.22. The number of nitrogens with one attached hydrogen (secondary N) is 2. The van der Waals surface area contributed by atoms with Crippen LogP contribution in [-0.4, -0.2) is 30.2 Å². The SMILES string of the molecule is CCOC(=O)c1cc(-c2ccccc2)sc1NC(=S)NC(=O)COc1ccc(C(C)C)c(C)c1. The van der Waals surface area contributed by atoms with Gasteiger partial charge in [-0.25, -0.2) is 4.79 Å². The fraction of sp³-hybridized carbons (Fsp3) is 0.269. The van der Waals surface area contributed by atoms with Crippen LogP contribution in [0.25, 0.3) is 10.4 Å². The highest BCUT2D eigenvalue weighted by Gasteiger charge is 2.19. The standard InChI is InChI=1S/C26H28N2O4S2/c1-5-31-25(30)21-14-22(18-9-7-6-8-10-18)34-24(21)28-26(33)27-23(29)15-32-19-11-12-20(16(2)3)17(4)13-19/h6-14,16H,5,15H2,1-4H3,(H2,27,28,29,33). The molecular formula is C26H28N2O4S2. The van der Waals surface area contributed by atoms with Crippen LogP contribution in [0.2, 0.25) is 0 Å². The maximum Gasteiger partial charge on any atom is 0.341 e. The highest BCUT2D eigenvalue weighted by molar-refractivity contribution is 7.80. The molecule has 2 N–H and O–H groups in total. The second-order valence-electron chi connectivity index (χ2n) is 7.90. The number of carbonyl (C=O) groups is 2. The van der Waals surface area contributed by atoms with E-state index in [1.54, 1.807) is 13.0 Å². The van der Waals surface area contributed by atoms with Crippen molar-refractivity contribution in [2.75, 3.05) is 18.5 Å². The van der Waals surface area contributed by atoms with Gasteiger partial charge in [0.25, 0.3) is 5.91 Å². The molecule has 0 aliphatic heterocycles. The second-order valence-corrected chi connectivity index (χ2v) is 9.36. The van der Waals surface area contributed by atoms with Crippen LogP contribution in [0.3, 0.4) is 0 Å². The Morgan fingerprint density at radius 1 is 1.09 bits per heavy atom. The van der Waals surface area contributed by atoms with E-state index in [1.807, 2.05) is 55.5 Å². The van der Waals surface area contributed by atoms with Gasteiger partial charge in [0.2, 0.25) is 0 Å². The normalized spacial score (nSPS) is 10.6. The number of aryl methyl sites for hydroxylation is 1. The van der Waals surface area contributed by atoms with Crippen LogP contribution in [-0.2, 0) is 9.53 Å². The fourth-order valence-electron chi connectivity index (χ4n) is 3.42. The topological polar surface area (TPSA) is 76.7 Å². The zero-order valence-electron chi connectivity index (χ0n) is 19.6. The van der Waals surface area contributed by atoms with Crippen molar-refractivity contribution in [3.63, 3.8) is 0 Å². The van der Waals surface area contributed by atoms with Crippen molar-refractivity contribution in [2.24, 2.45) is 0 Å². The van der Waals surface area contributed by atoms with Crippen LogP contribution >= 0.6 is 23.6 Å². The molecule has 0 radical (unpaired) electrons. The number of esters is 1. The number of anilines is 1. The first-order chi connectivity index (χ1) is 16.3. The number of hydrogen-bond acceptors (Lipinski definition) is 6. The Morgan fingerprint density at radius 2 is 1.82 bits per heavy atom. The fourth-order valence-corrected chi connectivity index (χ4v) is 4.76. The van der Waals surface area contributed by atoms with Crippen molar-refractivity contribution >= 4 is 45.5 Å². The summed E-state index contributed by atoms with van der Waals surface area (Å²) >= 11 is 6.66. The zero-order valence-corrected chi connectivity index (χ0v) is 21.3. The Labute approximate surface area is 209 Å². The van der Waals surface area contributed by atoms with Gasteiger partial charge in [-0.05, 0) is 66.9 Å². The first-order valence-corrected chi connectivity index (χ1v) is 12.2. The molecule has 1 amide bonds. The minimum atomic E-state index is -0.457. The van der Waals surface area contributed by atoms with E-state index in [1.165, 1.54) is 16.9 Å². The lowest BCUT2D eigenvalue weighted by Crippen LogP contribution is -2.37. The van der Waals surface area contributed by atoms with E-state index in [9.17, 15) is 9.59 Å². The third-order valence-electron chi connectivity index (χ3n) is 5.00. The number of benzene rings is 2. The van der Waals surface area contributed by atoms with Crippen molar-refractivity contribution < 1.29 is 19.1 Å². The molecular weight excluding hydrogens is 468 g/mol. The number of rotatable bonds is 8. The number of ether oxygens (including phenoxy) is 2. The Hall–Kier alpha value is -3.23. The molecule has 0 fully saturated rings. The van der Waals surface area contributed by atoms with Crippen LogP contribution in [0.4, 0.5) is 5.00 Å². The van der Waals surface area contributed by atoms with Crippen LogP contribution in [0.15, 0.2) is 54.6 Å². The molecule has 1 heterocycles. The van der Waals surface area contributed by atoms with Crippen LogP contribution in [0.1, 0.15) is 48.2 Å². The predicted octanol–water partition coefficient (Wildman–Crippen LogP) is 5.92. The van der Waals surface area contributed by atoms with Gasteiger partial charge in [-0.1, -0.05) is 50.2 Å². The highest BCUT2D eigenvalue weighted by atomic mass is 32.1. The number of carbonyl (C=O) groups excluding carboxylic acids is 2. The van der Waals surface area contributed by atoms with Gasteiger partial charge < -0.3 is 14.8 Å². The zero-order chi connectivity index (χ0) is 24.7. The van der Waals surface area contributed by atoms with Gasteiger partial charge in [0.05, 0.1) is 12.2 Å². The van der Waals surface area contributed by atoms with Crippen molar-refractivity contribution in [3.05, 3.63) is 71.3 Å². The first-order valence-electron chi connectivity index (χ1n) is 11.0. The molecule has 0 aliphatic carbocycles. The highest BCUT2D eigenvalue weighted by Crippen LogP contribution is 2.36. The second kappa shape index (κ2) is 11.8. The summed E-state index contributed by atoms with van der Waals surface area (Å²) < 4.78 is 10.8. The summed E-state index contributed by atoms with van der Waals surface area (Å²) in [5, 5.41) is 6.14. The van der Waals surface area contributed by atoms with E-state index < -0.39 is 11.9 Å². The van der Waals surface area contributed by atoms with Crippen LogP contribution < -0.4 is 15.4 Å². The molecule has 0 spiro atoms. The molecule has 0 atom stereocenters. The molecule has 3 rings (SSSR count). The molecule has 8 heteroatoms. The van der Waals surface area contributed by atoms with Gasteiger partial charge in [-0.15, -0.1) is 11.3 Å². The summed E-state index contributed by atoms with van der Waals surface area (Å²) in [4.78, 5) is 25.7. The van der Waals surface area contributed by atoms with Crippen molar-refractivity contribution in [1.82, 2.24) is 5.32 Å². The molecule has 0 bridgehead atoms. The lowest BCUT2D eigenvalue weighted by molar-refractivity contribution is -0.121. The van der Waals surface area contributed by atoms with E-state index in [2.05, 4.69) is 24.5 Å². The quantitative estimate of drug-likeness (QED) is 0.298. The molecule has 0 aliphatic rings. The van der Waals surface area contributed by atoms with E-state index in [4.69, 9.17) is 21.7 Å². The first kappa shape index (κ1) is 25.4. The monoisotopic (exact) mass is 496 g/mol. The maximum atomic E-state index is 12.5. The molecule has 3 aromatic rings. The summed E-state index contributed by atoms with van der Waals surface area (Å²) in [7, 11) is 0. The number of thiocarbonyl (C=S) groups is 1. The van der Waals surface area contributed by atoms with E-state index in [0.29, 0.717) is 22.2 Å². The van der Waals surface area contributed by atoms with Gasteiger partial charge in [0.1, 0.15) is 10.8 Å². The average molecular weight is 497 g/mol. The number of amides is 1. The molecule has 0 saturated heterocycles. The smallest absolute Gasteiger partial charge is 0.341 e. The predicted molar refractivity (Wildman–Crippen MR) is 141 cm³/mol. The summed E-state index contributed by atoms with van der Waals surface area (Å²) in [5.74, 6) is 0.174.